The fraction of sp³-hybridized carbons (Fsp3) is 0.333. The second-order valence-corrected chi connectivity index (χ2v) is 8.26. The lowest BCUT2D eigenvalue weighted by molar-refractivity contribution is -0.141. The Morgan fingerprint density at radius 2 is 1.73 bits per heavy atom. The van der Waals surface area contributed by atoms with Crippen molar-refractivity contribution in [1.29, 1.82) is 0 Å². The number of halogens is 3. The molecule has 0 spiro atoms. The number of nitrogens with zero attached hydrogens (tertiary/aromatic N) is 4. The molecule has 1 saturated heterocycles. The van der Waals surface area contributed by atoms with Crippen molar-refractivity contribution in [3.05, 3.63) is 70.7 Å². The van der Waals surface area contributed by atoms with Gasteiger partial charge in [-0.1, -0.05) is 12.1 Å². The zero-order valence-corrected chi connectivity index (χ0v) is 18.2. The molecule has 1 N–H and O–H groups in total. The van der Waals surface area contributed by atoms with Gasteiger partial charge in [-0.25, -0.2) is 14.8 Å². The highest BCUT2D eigenvalue weighted by Crippen LogP contribution is 2.33. The van der Waals surface area contributed by atoms with Crippen LogP contribution in [0.1, 0.15) is 51.6 Å². The molecular weight excluding hydrogens is 433 g/mol. The molecule has 0 radical (unpaired) electrons. The minimum Gasteiger partial charge on any atom is -0.478 e. The second-order valence-electron chi connectivity index (χ2n) is 8.26. The first-order valence-electron chi connectivity index (χ1n) is 10.6. The number of alkyl halides is 3. The molecule has 1 aliphatic heterocycles. The standard InChI is InChI=1S/C24H23F3N4O2/c1-14-11-20(24(25,26)27)28-13-19(14)22-29-15(2)12-21(30-22)31-9-7-17(8-10-31)16-3-5-18(6-4-16)23(32)33/h3-6,11-13,17H,7-10H2,1-2H3,(H,32,33). The topological polar surface area (TPSA) is 79.2 Å². The van der Waals surface area contributed by atoms with E-state index in [4.69, 9.17) is 5.11 Å². The van der Waals surface area contributed by atoms with Crippen LogP contribution in [0, 0.1) is 13.8 Å². The maximum Gasteiger partial charge on any atom is 0.433 e. The van der Waals surface area contributed by atoms with E-state index in [1.807, 2.05) is 25.1 Å². The molecule has 0 aliphatic carbocycles. The molecule has 3 heterocycles. The van der Waals surface area contributed by atoms with Crippen LogP contribution in [0.25, 0.3) is 11.4 Å². The Hall–Kier alpha value is -3.49. The third-order valence-electron chi connectivity index (χ3n) is 5.93. The zero-order chi connectivity index (χ0) is 23.8. The van der Waals surface area contributed by atoms with Crippen LogP contribution in [-0.4, -0.2) is 39.1 Å². The molecule has 3 aromatic rings. The van der Waals surface area contributed by atoms with E-state index in [1.165, 1.54) is 6.20 Å². The Bertz CT molecular complexity index is 1170. The lowest BCUT2D eigenvalue weighted by Crippen LogP contribution is -2.33. The number of aromatic nitrogens is 3. The highest BCUT2D eigenvalue weighted by molar-refractivity contribution is 5.87. The van der Waals surface area contributed by atoms with Crippen LogP contribution >= 0.6 is 0 Å². The third kappa shape index (κ3) is 4.97. The Kier molecular flexibility index (Phi) is 6.05. The van der Waals surface area contributed by atoms with Crippen molar-refractivity contribution in [2.45, 2.75) is 38.8 Å². The fourth-order valence-corrected chi connectivity index (χ4v) is 4.12. The monoisotopic (exact) mass is 456 g/mol. The summed E-state index contributed by atoms with van der Waals surface area (Å²) in [6.07, 6.45) is -1.55. The van der Waals surface area contributed by atoms with Crippen LogP contribution in [0.4, 0.5) is 19.0 Å². The van der Waals surface area contributed by atoms with Gasteiger partial charge in [0.2, 0.25) is 0 Å². The smallest absolute Gasteiger partial charge is 0.433 e. The molecular formula is C24H23F3N4O2. The molecule has 2 aromatic heterocycles. The van der Waals surface area contributed by atoms with Gasteiger partial charge < -0.3 is 10.0 Å². The van der Waals surface area contributed by atoms with Gasteiger partial charge in [0.05, 0.1) is 5.56 Å². The molecule has 1 aliphatic rings. The van der Waals surface area contributed by atoms with Gasteiger partial charge in [-0.2, -0.15) is 13.2 Å². The first-order valence-corrected chi connectivity index (χ1v) is 10.6. The molecule has 1 fully saturated rings. The average molecular weight is 456 g/mol. The molecule has 0 unspecified atom stereocenters. The maximum atomic E-state index is 13.0. The van der Waals surface area contributed by atoms with Gasteiger partial charge in [0.25, 0.3) is 0 Å². The van der Waals surface area contributed by atoms with Crippen molar-refractivity contribution in [1.82, 2.24) is 15.0 Å². The van der Waals surface area contributed by atoms with Gasteiger partial charge in [-0.3, -0.25) is 4.98 Å². The maximum absolute atomic E-state index is 13.0. The Morgan fingerprint density at radius 1 is 1.06 bits per heavy atom. The van der Waals surface area contributed by atoms with Crippen molar-refractivity contribution in [3.8, 4) is 11.4 Å². The number of carboxylic acids is 1. The van der Waals surface area contributed by atoms with Crippen molar-refractivity contribution < 1.29 is 23.1 Å². The van der Waals surface area contributed by atoms with E-state index in [9.17, 15) is 18.0 Å². The molecule has 33 heavy (non-hydrogen) atoms. The van der Waals surface area contributed by atoms with Gasteiger partial charge in [-0.15, -0.1) is 0 Å². The van der Waals surface area contributed by atoms with Crippen LogP contribution in [0.3, 0.4) is 0 Å². The van der Waals surface area contributed by atoms with Crippen LogP contribution in [0.15, 0.2) is 42.6 Å². The number of carboxylic acid groups (broad SMARTS) is 1. The van der Waals surface area contributed by atoms with Gasteiger partial charge in [0, 0.05) is 36.6 Å². The minimum absolute atomic E-state index is 0.272. The lowest BCUT2D eigenvalue weighted by Gasteiger charge is -2.33. The molecule has 1 aromatic carbocycles. The number of hydrogen-bond donors (Lipinski definition) is 1. The number of aromatic carboxylic acids is 1. The van der Waals surface area contributed by atoms with Gasteiger partial charge in [0.1, 0.15) is 11.5 Å². The second kappa shape index (κ2) is 8.80. The van der Waals surface area contributed by atoms with Crippen LogP contribution in [0.2, 0.25) is 0 Å². The van der Waals surface area contributed by atoms with E-state index in [1.54, 1.807) is 19.1 Å². The predicted octanol–water partition coefficient (Wildman–Crippen LogP) is 5.26. The number of hydrogen-bond acceptors (Lipinski definition) is 5. The Balaban J connectivity index is 1.51. The molecule has 6 nitrogen and oxygen atoms in total. The quantitative estimate of drug-likeness (QED) is 0.577. The number of piperidine rings is 1. The summed E-state index contributed by atoms with van der Waals surface area (Å²) in [6, 6.07) is 9.89. The number of rotatable bonds is 4. The minimum atomic E-state index is -4.50. The number of pyridine rings is 1. The summed E-state index contributed by atoms with van der Waals surface area (Å²) in [7, 11) is 0. The lowest BCUT2D eigenvalue weighted by atomic mass is 9.89. The molecule has 4 rings (SSSR count). The molecule has 0 bridgehead atoms. The van der Waals surface area contributed by atoms with Crippen molar-refractivity contribution in [3.63, 3.8) is 0 Å². The summed E-state index contributed by atoms with van der Waals surface area (Å²) < 4.78 is 38.9. The van der Waals surface area contributed by atoms with E-state index in [-0.39, 0.29) is 5.56 Å². The average Bonchev–Trinajstić information content (AvgIpc) is 2.78. The third-order valence-corrected chi connectivity index (χ3v) is 5.93. The Labute approximate surface area is 189 Å². The summed E-state index contributed by atoms with van der Waals surface area (Å²) in [6.45, 7) is 4.94. The van der Waals surface area contributed by atoms with Crippen LogP contribution in [0.5, 0.6) is 0 Å². The first kappa shape index (κ1) is 22.7. The zero-order valence-electron chi connectivity index (χ0n) is 18.2. The first-order chi connectivity index (χ1) is 15.6. The van der Waals surface area contributed by atoms with E-state index >= 15 is 0 Å². The molecule has 0 atom stereocenters. The van der Waals surface area contributed by atoms with Crippen LogP contribution < -0.4 is 4.90 Å². The van der Waals surface area contributed by atoms with Gasteiger partial charge in [-0.05, 0) is 61.9 Å². The van der Waals surface area contributed by atoms with E-state index in [0.29, 0.717) is 22.9 Å². The van der Waals surface area contributed by atoms with E-state index < -0.39 is 17.8 Å². The van der Waals surface area contributed by atoms with Crippen molar-refractivity contribution in [2.24, 2.45) is 0 Å². The normalized spacial score (nSPS) is 15.0. The van der Waals surface area contributed by atoms with Gasteiger partial charge in [0.15, 0.2) is 5.82 Å². The predicted molar refractivity (Wildman–Crippen MR) is 117 cm³/mol. The summed E-state index contributed by atoms with van der Waals surface area (Å²) >= 11 is 0. The number of carbonyl (C=O) groups is 1. The van der Waals surface area contributed by atoms with E-state index in [0.717, 1.165) is 49.1 Å². The van der Waals surface area contributed by atoms with Gasteiger partial charge >= 0.3 is 12.1 Å². The molecule has 9 heteroatoms. The number of anilines is 1. The Morgan fingerprint density at radius 3 is 2.30 bits per heavy atom. The van der Waals surface area contributed by atoms with E-state index in [2.05, 4.69) is 19.9 Å². The summed E-state index contributed by atoms with van der Waals surface area (Å²) in [4.78, 5) is 25.8. The fourth-order valence-electron chi connectivity index (χ4n) is 4.12. The summed E-state index contributed by atoms with van der Waals surface area (Å²) in [5, 5.41) is 9.07. The molecule has 172 valence electrons. The largest absolute Gasteiger partial charge is 0.478 e. The van der Waals surface area contributed by atoms with Crippen LogP contribution in [-0.2, 0) is 6.18 Å². The molecule has 0 saturated carbocycles. The number of benzene rings is 1. The SMILES string of the molecule is Cc1cc(N2CCC(c3ccc(C(=O)O)cc3)CC2)nc(-c2cnc(C(F)(F)F)cc2C)n1. The summed E-state index contributed by atoms with van der Waals surface area (Å²) in [5.74, 6) is 0.476. The van der Waals surface area contributed by atoms with Crippen molar-refractivity contribution >= 4 is 11.8 Å². The number of aryl methyl sites for hydroxylation is 2. The highest BCUT2D eigenvalue weighted by atomic mass is 19.4. The summed E-state index contributed by atoms with van der Waals surface area (Å²) in [5.41, 5.74) is 2.06. The molecule has 0 amide bonds. The van der Waals surface area contributed by atoms with Crippen molar-refractivity contribution in [2.75, 3.05) is 18.0 Å². The highest BCUT2D eigenvalue weighted by Gasteiger charge is 2.33.